The summed E-state index contributed by atoms with van der Waals surface area (Å²) < 4.78 is 2.08. The molecule has 0 aromatic carbocycles. The molecule has 96 valence electrons. The highest BCUT2D eigenvalue weighted by Crippen LogP contribution is 2.11. The van der Waals surface area contributed by atoms with Crippen molar-refractivity contribution in [1.82, 2.24) is 14.3 Å². The zero-order valence-corrected chi connectivity index (χ0v) is 10.7. The van der Waals surface area contributed by atoms with E-state index >= 15 is 0 Å². The van der Waals surface area contributed by atoms with Crippen molar-refractivity contribution >= 4 is 5.65 Å². The highest BCUT2D eigenvalue weighted by Gasteiger charge is 2.11. The van der Waals surface area contributed by atoms with Gasteiger partial charge in [0.25, 0.3) is 0 Å². The number of nitrogens with two attached hydrogens (primary N) is 1. The number of rotatable bonds is 4. The van der Waals surface area contributed by atoms with Gasteiger partial charge in [0, 0.05) is 31.9 Å². The molecular weight excluding hydrogens is 224 g/mol. The summed E-state index contributed by atoms with van der Waals surface area (Å²) in [5.74, 6) is 0. The molecule has 0 bridgehead atoms. The summed E-state index contributed by atoms with van der Waals surface area (Å²) in [5, 5.41) is 0. The number of nitrogens with zero attached hydrogens (tertiary/aromatic N) is 3. The third-order valence-electron chi connectivity index (χ3n) is 3.68. The number of hydrogen-bond donors (Lipinski definition) is 1. The van der Waals surface area contributed by atoms with Crippen LogP contribution in [0, 0.1) is 0 Å². The Balaban J connectivity index is 1.72. The van der Waals surface area contributed by atoms with E-state index in [0.29, 0.717) is 6.54 Å². The molecule has 0 aliphatic carbocycles. The van der Waals surface area contributed by atoms with Crippen LogP contribution in [0.1, 0.15) is 24.1 Å². The van der Waals surface area contributed by atoms with E-state index in [-0.39, 0.29) is 0 Å². The van der Waals surface area contributed by atoms with Crippen molar-refractivity contribution in [2.75, 3.05) is 19.6 Å². The van der Waals surface area contributed by atoms with E-state index in [2.05, 4.69) is 26.7 Å². The smallest absolute Gasteiger partial charge is 0.136 e. The standard InChI is InChI=1S/C14H20N4/c15-9-12-3-4-14-16-13(11-18(14)10-12)5-8-17-6-1-2-7-17/h3-4,10-11H,1-2,5-9,15H2. The minimum atomic E-state index is 0.581. The normalized spacial score (nSPS) is 16.7. The van der Waals surface area contributed by atoms with Gasteiger partial charge in [0.2, 0.25) is 0 Å². The summed E-state index contributed by atoms with van der Waals surface area (Å²) in [6, 6.07) is 4.09. The zero-order valence-electron chi connectivity index (χ0n) is 10.7. The SMILES string of the molecule is NCc1ccc2nc(CCN3CCCC3)cn2c1. The maximum absolute atomic E-state index is 5.65. The van der Waals surface area contributed by atoms with Crippen molar-refractivity contribution < 1.29 is 0 Å². The molecule has 1 saturated heterocycles. The van der Waals surface area contributed by atoms with Gasteiger partial charge in [-0.15, -0.1) is 0 Å². The molecular formula is C14H20N4. The monoisotopic (exact) mass is 244 g/mol. The van der Waals surface area contributed by atoms with Gasteiger partial charge in [-0.1, -0.05) is 6.07 Å². The van der Waals surface area contributed by atoms with E-state index in [1.807, 2.05) is 12.1 Å². The minimum absolute atomic E-state index is 0.581. The number of fused-ring (bicyclic) bond motifs is 1. The molecule has 0 atom stereocenters. The number of imidazole rings is 1. The Morgan fingerprint density at radius 3 is 2.78 bits per heavy atom. The Hall–Kier alpha value is -1.39. The minimum Gasteiger partial charge on any atom is -0.326 e. The summed E-state index contributed by atoms with van der Waals surface area (Å²) in [4.78, 5) is 7.17. The van der Waals surface area contributed by atoms with Crippen molar-refractivity contribution in [3.63, 3.8) is 0 Å². The molecule has 0 saturated carbocycles. The Morgan fingerprint density at radius 1 is 1.17 bits per heavy atom. The van der Waals surface area contributed by atoms with Gasteiger partial charge < -0.3 is 15.0 Å². The van der Waals surface area contributed by atoms with Crippen molar-refractivity contribution in [3.05, 3.63) is 35.8 Å². The largest absolute Gasteiger partial charge is 0.326 e. The highest BCUT2D eigenvalue weighted by molar-refractivity contribution is 5.41. The molecule has 0 radical (unpaired) electrons. The molecule has 1 aliphatic rings. The Kier molecular flexibility index (Phi) is 3.30. The fraction of sp³-hybridized carbons (Fsp3) is 0.500. The fourth-order valence-corrected chi connectivity index (χ4v) is 2.61. The molecule has 4 heteroatoms. The van der Waals surface area contributed by atoms with E-state index in [1.165, 1.54) is 31.6 Å². The summed E-state index contributed by atoms with van der Waals surface area (Å²) in [5.41, 5.74) is 8.99. The van der Waals surface area contributed by atoms with Gasteiger partial charge in [-0.05, 0) is 37.6 Å². The maximum Gasteiger partial charge on any atom is 0.136 e. The van der Waals surface area contributed by atoms with Crippen LogP contribution in [0.25, 0.3) is 5.65 Å². The second kappa shape index (κ2) is 5.08. The lowest BCUT2D eigenvalue weighted by molar-refractivity contribution is 0.342. The molecule has 3 heterocycles. The van der Waals surface area contributed by atoms with Gasteiger partial charge in [0.05, 0.1) is 5.69 Å². The van der Waals surface area contributed by atoms with Crippen LogP contribution >= 0.6 is 0 Å². The van der Waals surface area contributed by atoms with Crippen molar-refractivity contribution in [2.45, 2.75) is 25.8 Å². The lowest BCUT2D eigenvalue weighted by Crippen LogP contribution is -2.21. The molecule has 1 fully saturated rings. The van der Waals surface area contributed by atoms with E-state index in [0.717, 1.165) is 24.2 Å². The Bertz CT molecular complexity index is 526. The molecule has 4 nitrogen and oxygen atoms in total. The third kappa shape index (κ3) is 2.40. The molecule has 3 rings (SSSR count). The second-order valence-electron chi connectivity index (χ2n) is 5.04. The molecule has 18 heavy (non-hydrogen) atoms. The van der Waals surface area contributed by atoms with Crippen LogP contribution in [0.3, 0.4) is 0 Å². The number of hydrogen-bond acceptors (Lipinski definition) is 3. The number of likely N-dealkylation sites (tertiary alicyclic amines) is 1. The van der Waals surface area contributed by atoms with Crippen molar-refractivity contribution in [2.24, 2.45) is 5.73 Å². The summed E-state index contributed by atoms with van der Waals surface area (Å²) in [6.45, 7) is 4.22. The van der Waals surface area contributed by atoms with Crippen molar-refractivity contribution in [3.8, 4) is 0 Å². The van der Waals surface area contributed by atoms with Gasteiger partial charge in [-0.2, -0.15) is 0 Å². The summed E-state index contributed by atoms with van der Waals surface area (Å²) in [6.07, 6.45) is 7.95. The predicted octanol–water partition coefficient (Wildman–Crippen LogP) is 1.43. The zero-order chi connectivity index (χ0) is 12.4. The van der Waals surface area contributed by atoms with Crippen LogP contribution in [0.2, 0.25) is 0 Å². The first-order valence-corrected chi connectivity index (χ1v) is 6.74. The first kappa shape index (κ1) is 11.7. The van der Waals surface area contributed by atoms with Gasteiger partial charge in [-0.3, -0.25) is 0 Å². The van der Waals surface area contributed by atoms with Crippen LogP contribution in [0.5, 0.6) is 0 Å². The average Bonchev–Trinajstić information content (AvgIpc) is 3.04. The molecule has 0 unspecified atom stereocenters. The number of aromatic nitrogens is 2. The summed E-state index contributed by atoms with van der Waals surface area (Å²) >= 11 is 0. The van der Waals surface area contributed by atoms with Gasteiger partial charge in [-0.25, -0.2) is 4.98 Å². The molecule has 0 amide bonds. The van der Waals surface area contributed by atoms with Gasteiger partial charge in [0.15, 0.2) is 0 Å². The van der Waals surface area contributed by atoms with Gasteiger partial charge >= 0.3 is 0 Å². The maximum atomic E-state index is 5.65. The average molecular weight is 244 g/mol. The molecule has 1 aliphatic heterocycles. The predicted molar refractivity (Wildman–Crippen MR) is 72.5 cm³/mol. The van der Waals surface area contributed by atoms with Crippen molar-refractivity contribution in [1.29, 1.82) is 0 Å². The Morgan fingerprint density at radius 2 is 2.00 bits per heavy atom. The Labute approximate surface area is 107 Å². The van der Waals surface area contributed by atoms with E-state index in [9.17, 15) is 0 Å². The lowest BCUT2D eigenvalue weighted by atomic mass is 10.3. The quantitative estimate of drug-likeness (QED) is 0.885. The molecule has 2 N–H and O–H groups in total. The van der Waals surface area contributed by atoms with Crippen LogP contribution in [-0.4, -0.2) is 33.9 Å². The number of pyridine rings is 1. The fourth-order valence-electron chi connectivity index (χ4n) is 2.61. The van der Waals surface area contributed by atoms with Crippen LogP contribution < -0.4 is 5.73 Å². The molecule has 0 spiro atoms. The lowest BCUT2D eigenvalue weighted by Gasteiger charge is -2.12. The van der Waals surface area contributed by atoms with E-state index in [1.54, 1.807) is 0 Å². The molecule has 2 aromatic rings. The van der Waals surface area contributed by atoms with E-state index in [4.69, 9.17) is 5.73 Å². The highest BCUT2D eigenvalue weighted by atomic mass is 15.1. The van der Waals surface area contributed by atoms with Gasteiger partial charge in [0.1, 0.15) is 5.65 Å². The first-order chi connectivity index (χ1) is 8.85. The third-order valence-corrected chi connectivity index (χ3v) is 3.68. The van der Waals surface area contributed by atoms with Crippen LogP contribution in [0.4, 0.5) is 0 Å². The first-order valence-electron chi connectivity index (χ1n) is 6.74. The topological polar surface area (TPSA) is 46.6 Å². The van der Waals surface area contributed by atoms with E-state index < -0.39 is 0 Å². The van der Waals surface area contributed by atoms with Crippen LogP contribution in [0.15, 0.2) is 24.5 Å². The summed E-state index contributed by atoms with van der Waals surface area (Å²) in [7, 11) is 0. The second-order valence-corrected chi connectivity index (χ2v) is 5.04. The molecule has 2 aromatic heterocycles. The van der Waals surface area contributed by atoms with Crippen LogP contribution in [-0.2, 0) is 13.0 Å².